The van der Waals surface area contributed by atoms with E-state index < -0.39 is 11.2 Å². The minimum Gasteiger partial charge on any atom is -0.616 e. The highest BCUT2D eigenvalue weighted by atomic mass is 35.5. The van der Waals surface area contributed by atoms with Gasteiger partial charge in [0, 0.05) is 17.4 Å². The molecule has 0 aliphatic carbocycles. The van der Waals surface area contributed by atoms with E-state index in [1.165, 1.54) is 16.2 Å². The Morgan fingerprint density at radius 1 is 1.11 bits per heavy atom. The number of pyridine rings is 1. The molecule has 0 bridgehead atoms. The SMILES string of the molecule is COc1ccc(-c2c(Cl)c(CN3C(=O)c4ccccc4C3=O)nc3sc4c(c23)CC[S+]([O-])C4)cc1. The van der Waals surface area contributed by atoms with Gasteiger partial charge in [0.05, 0.1) is 40.4 Å². The van der Waals surface area contributed by atoms with E-state index in [2.05, 4.69) is 0 Å². The topological polar surface area (TPSA) is 82.6 Å². The number of amides is 2. The van der Waals surface area contributed by atoms with Crippen molar-refractivity contribution in [2.45, 2.75) is 18.7 Å². The highest BCUT2D eigenvalue weighted by molar-refractivity contribution is 7.90. The van der Waals surface area contributed by atoms with Crippen molar-refractivity contribution in [2.75, 3.05) is 12.9 Å². The molecule has 2 aromatic heterocycles. The Bertz CT molecular complexity index is 1480. The number of thiophene rings is 1. The summed E-state index contributed by atoms with van der Waals surface area (Å²) in [5, 5.41) is 1.37. The molecule has 2 aromatic carbocycles. The molecule has 9 heteroatoms. The molecule has 2 amide bonds. The number of aryl methyl sites for hydroxylation is 1. The van der Waals surface area contributed by atoms with Crippen LogP contribution in [0.5, 0.6) is 5.75 Å². The Morgan fingerprint density at radius 2 is 1.80 bits per heavy atom. The van der Waals surface area contributed by atoms with Crippen molar-refractivity contribution in [2.24, 2.45) is 0 Å². The van der Waals surface area contributed by atoms with Crippen molar-refractivity contribution >= 4 is 56.1 Å². The summed E-state index contributed by atoms with van der Waals surface area (Å²) in [6.45, 7) is -0.0290. The summed E-state index contributed by atoms with van der Waals surface area (Å²) in [5.41, 5.74) is 4.07. The number of hydrogen-bond acceptors (Lipinski definition) is 6. The lowest BCUT2D eigenvalue weighted by Crippen LogP contribution is -2.29. The average molecular weight is 523 g/mol. The maximum Gasteiger partial charge on any atom is 0.261 e. The molecule has 2 aliphatic rings. The molecule has 35 heavy (non-hydrogen) atoms. The summed E-state index contributed by atoms with van der Waals surface area (Å²) in [6, 6.07) is 14.4. The summed E-state index contributed by atoms with van der Waals surface area (Å²) >= 11 is 7.63. The first kappa shape index (κ1) is 22.5. The lowest BCUT2D eigenvalue weighted by Gasteiger charge is -2.19. The molecule has 2 aliphatic heterocycles. The molecular formula is C26H19ClN2O4S2. The number of nitrogens with zero attached hydrogens (tertiary/aromatic N) is 2. The quantitative estimate of drug-likeness (QED) is 0.271. The number of rotatable bonds is 4. The van der Waals surface area contributed by atoms with Gasteiger partial charge in [-0.25, -0.2) is 4.98 Å². The van der Waals surface area contributed by atoms with Crippen molar-refractivity contribution in [1.82, 2.24) is 9.88 Å². The third-order valence-electron chi connectivity index (χ3n) is 6.47. The maximum absolute atomic E-state index is 13.0. The molecule has 1 atom stereocenters. The summed E-state index contributed by atoms with van der Waals surface area (Å²) in [4.78, 5) is 33.9. The van der Waals surface area contributed by atoms with Crippen LogP contribution in [0.4, 0.5) is 0 Å². The molecule has 4 heterocycles. The summed E-state index contributed by atoms with van der Waals surface area (Å²) in [6.07, 6.45) is 0.695. The molecule has 0 N–H and O–H groups in total. The fraction of sp³-hybridized carbons (Fsp3) is 0.192. The van der Waals surface area contributed by atoms with Crippen molar-refractivity contribution in [1.29, 1.82) is 0 Å². The summed E-state index contributed by atoms with van der Waals surface area (Å²) < 4.78 is 17.6. The predicted molar refractivity (Wildman–Crippen MR) is 138 cm³/mol. The third-order valence-corrected chi connectivity index (χ3v) is 9.45. The third kappa shape index (κ3) is 3.63. The van der Waals surface area contributed by atoms with Crippen LogP contribution >= 0.6 is 22.9 Å². The van der Waals surface area contributed by atoms with E-state index in [9.17, 15) is 14.1 Å². The number of carbonyl (C=O) groups excluding carboxylic acids is 2. The Balaban J connectivity index is 1.51. The van der Waals surface area contributed by atoms with Crippen LogP contribution in [0.1, 0.15) is 36.9 Å². The molecule has 0 saturated carbocycles. The van der Waals surface area contributed by atoms with Crippen molar-refractivity contribution in [3.8, 4) is 16.9 Å². The summed E-state index contributed by atoms with van der Waals surface area (Å²) in [7, 11) is 1.61. The molecule has 0 fully saturated rings. The lowest BCUT2D eigenvalue weighted by atomic mass is 9.97. The van der Waals surface area contributed by atoms with Crippen molar-refractivity contribution < 1.29 is 18.9 Å². The zero-order chi connectivity index (χ0) is 24.3. The number of benzene rings is 2. The molecule has 176 valence electrons. The number of imide groups is 1. The van der Waals surface area contributed by atoms with Gasteiger partial charge in [-0.05, 0) is 46.6 Å². The van der Waals surface area contributed by atoms with E-state index in [-0.39, 0.29) is 18.4 Å². The second kappa shape index (κ2) is 8.64. The fourth-order valence-corrected chi connectivity index (χ4v) is 7.76. The molecule has 1 unspecified atom stereocenters. The first-order chi connectivity index (χ1) is 17.0. The number of carbonyl (C=O) groups is 2. The van der Waals surface area contributed by atoms with Gasteiger partial charge >= 0.3 is 0 Å². The van der Waals surface area contributed by atoms with Crippen LogP contribution in [0.3, 0.4) is 0 Å². The first-order valence-electron chi connectivity index (χ1n) is 11.0. The second-order valence-electron chi connectivity index (χ2n) is 8.44. The van der Waals surface area contributed by atoms with Crippen LogP contribution in [0.25, 0.3) is 21.3 Å². The number of fused-ring (bicyclic) bond motifs is 4. The normalized spacial score (nSPS) is 17.1. The van der Waals surface area contributed by atoms with Crippen LogP contribution in [0.15, 0.2) is 48.5 Å². The van der Waals surface area contributed by atoms with E-state index in [0.29, 0.717) is 39.8 Å². The van der Waals surface area contributed by atoms with E-state index in [4.69, 9.17) is 21.3 Å². The van der Waals surface area contributed by atoms with Gasteiger partial charge < -0.3 is 9.29 Å². The number of aromatic nitrogens is 1. The standard InChI is InChI=1S/C26H19ClN2O4S2/c1-33-15-8-6-14(7-9-15)21-22-18-10-11-35(32)13-20(18)34-24(22)28-19(23(21)27)12-29-25(30)16-4-2-3-5-17(16)26(29)31/h2-9H,10-13H2,1H3. The van der Waals surface area contributed by atoms with Gasteiger partial charge in [0.2, 0.25) is 0 Å². The zero-order valence-electron chi connectivity index (χ0n) is 18.7. The number of halogens is 1. The maximum atomic E-state index is 13.0. The smallest absolute Gasteiger partial charge is 0.261 e. The van der Waals surface area contributed by atoms with E-state index in [0.717, 1.165) is 37.5 Å². The highest BCUT2D eigenvalue weighted by Crippen LogP contribution is 2.45. The Labute approximate surface area is 213 Å². The molecule has 0 spiro atoms. The van der Waals surface area contributed by atoms with Crippen LogP contribution < -0.4 is 4.74 Å². The Kier molecular flexibility index (Phi) is 5.56. The molecular weight excluding hydrogens is 504 g/mol. The van der Waals surface area contributed by atoms with Crippen LogP contribution in [-0.4, -0.2) is 39.1 Å². The van der Waals surface area contributed by atoms with Gasteiger partial charge in [-0.2, -0.15) is 0 Å². The number of hydrogen-bond donors (Lipinski definition) is 0. The molecule has 6 nitrogen and oxygen atoms in total. The van der Waals surface area contributed by atoms with Gasteiger partial charge in [-0.3, -0.25) is 14.5 Å². The van der Waals surface area contributed by atoms with Crippen LogP contribution in [0, 0.1) is 0 Å². The molecule has 0 saturated heterocycles. The molecule has 0 radical (unpaired) electrons. The monoisotopic (exact) mass is 522 g/mol. The Hall–Kier alpha value is -2.91. The van der Waals surface area contributed by atoms with Gasteiger partial charge in [-0.1, -0.05) is 35.9 Å². The minimum atomic E-state index is -0.895. The van der Waals surface area contributed by atoms with Crippen molar-refractivity contribution in [3.63, 3.8) is 0 Å². The van der Waals surface area contributed by atoms with Gasteiger partial charge in [-0.15, -0.1) is 11.3 Å². The average Bonchev–Trinajstić information content (AvgIpc) is 3.34. The van der Waals surface area contributed by atoms with Gasteiger partial charge in [0.1, 0.15) is 22.1 Å². The van der Waals surface area contributed by atoms with Gasteiger partial charge in [0.25, 0.3) is 11.8 Å². The van der Waals surface area contributed by atoms with E-state index in [1.807, 2.05) is 24.3 Å². The highest BCUT2D eigenvalue weighted by Gasteiger charge is 2.36. The zero-order valence-corrected chi connectivity index (χ0v) is 21.1. The Morgan fingerprint density at radius 3 is 2.46 bits per heavy atom. The lowest BCUT2D eigenvalue weighted by molar-refractivity contribution is 0.0640. The molecule has 6 rings (SSSR count). The predicted octanol–water partition coefficient (Wildman–Crippen LogP) is 5.23. The van der Waals surface area contributed by atoms with Crippen LogP contribution in [-0.2, 0) is 29.9 Å². The van der Waals surface area contributed by atoms with E-state index in [1.54, 1.807) is 31.4 Å². The fourth-order valence-electron chi connectivity index (χ4n) is 4.74. The van der Waals surface area contributed by atoms with Crippen LogP contribution in [0.2, 0.25) is 5.02 Å². The minimum absolute atomic E-state index is 0.0290. The largest absolute Gasteiger partial charge is 0.616 e. The van der Waals surface area contributed by atoms with E-state index >= 15 is 0 Å². The van der Waals surface area contributed by atoms with Gasteiger partial charge in [0.15, 0.2) is 0 Å². The van der Waals surface area contributed by atoms with Crippen molar-refractivity contribution in [3.05, 3.63) is 80.8 Å². The number of ether oxygens (including phenoxy) is 1. The molecule has 4 aromatic rings. The first-order valence-corrected chi connectivity index (χ1v) is 13.7. The summed E-state index contributed by atoms with van der Waals surface area (Å²) in [5.74, 6) is 1.13. The number of methoxy groups -OCH3 is 1. The second-order valence-corrected chi connectivity index (χ2v) is 11.5.